The highest BCUT2D eigenvalue weighted by Gasteiger charge is 2.20. The van der Waals surface area contributed by atoms with Crippen LogP contribution in [-0.4, -0.2) is 73.5 Å². The van der Waals surface area contributed by atoms with Crippen molar-refractivity contribution in [3.05, 3.63) is 35.9 Å². The number of ether oxygens (including phenoxy) is 1. The molecule has 0 aromatic heterocycles. The lowest BCUT2D eigenvalue weighted by molar-refractivity contribution is 0.0495. The van der Waals surface area contributed by atoms with Gasteiger partial charge in [0.1, 0.15) is 0 Å². The average molecular weight is 306 g/mol. The molecule has 1 aliphatic heterocycles. The smallest absolute Gasteiger partial charge is 0.0698 e. The molecule has 0 aliphatic carbocycles. The molecule has 1 fully saturated rings. The van der Waals surface area contributed by atoms with Gasteiger partial charge >= 0.3 is 0 Å². The second kappa shape index (κ2) is 9.95. The van der Waals surface area contributed by atoms with Crippen molar-refractivity contribution in [3.8, 4) is 0 Å². The monoisotopic (exact) mass is 306 g/mol. The van der Waals surface area contributed by atoms with Crippen LogP contribution in [0.25, 0.3) is 0 Å². The van der Waals surface area contributed by atoms with Crippen LogP contribution >= 0.6 is 0 Å². The Balaban J connectivity index is 1.61. The number of aliphatic hydroxyl groups excluding tert-OH is 1. The number of hydrogen-bond donors (Lipinski definition) is 1. The molecule has 0 saturated carbocycles. The first kappa shape index (κ1) is 17.4. The van der Waals surface area contributed by atoms with Gasteiger partial charge in [-0.25, -0.2) is 0 Å². The Morgan fingerprint density at radius 1 is 1.09 bits per heavy atom. The van der Waals surface area contributed by atoms with Crippen molar-refractivity contribution in [2.24, 2.45) is 0 Å². The van der Waals surface area contributed by atoms with Crippen LogP contribution in [0.4, 0.5) is 0 Å². The summed E-state index contributed by atoms with van der Waals surface area (Å²) >= 11 is 0. The van der Waals surface area contributed by atoms with Crippen LogP contribution in [0.5, 0.6) is 0 Å². The van der Waals surface area contributed by atoms with E-state index >= 15 is 0 Å². The first-order valence-corrected chi connectivity index (χ1v) is 8.48. The zero-order valence-electron chi connectivity index (χ0n) is 13.8. The van der Waals surface area contributed by atoms with Crippen LogP contribution in [0.15, 0.2) is 30.3 Å². The molecular formula is C18H30N2O2. The Morgan fingerprint density at radius 2 is 1.82 bits per heavy atom. The standard InChI is InChI=1S/C18H30N2O2/c1-17(7-8-18-5-3-2-4-6-18)20-11-9-19(10-12-20)13-15-22-16-14-21/h2-6,17,21H,7-16H2,1H3. The minimum absolute atomic E-state index is 0.118. The van der Waals surface area contributed by atoms with Gasteiger partial charge in [0, 0.05) is 38.8 Å². The summed E-state index contributed by atoms with van der Waals surface area (Å²) in [4.78, 5) is 5.06. The number of nitrogens with zero attached hydrogens (tertiary/aromatic N) is 2. The fraction of sp³-hybridized carbons (Fsp3) is 0.667. The maximum atomic E-state index is 8.69. The maximum Gasteiger partial charge on any atom is 0.0698 e. The first-order chi connectivity index (χ1) is 10.8. The number of rotatable bonds is 9. The lowest BCUT2D eigenvalue weighted by Crippen LogP contribution is -2.50. The Bertz CT molecular complexity index is 391. The second-order valence-corrected chi connectivity index (χ2v) is 6.09. The van der Waals surface area contributed by atoms with E-state index < -0.39 is 0 Å². The fourth-order valence-corrected chi connectivity index (χ4v) is 2.99. The van der Waals surface area contributed by atoms with Gasteiger partial charge in [0.25, 0.3) is 0 Å². The number of benzene rings is 1. The predicted octanol–water partition coefficient (Wildman–Crippen LogP) is 1.63. The topological polar surface area (TPSA) is 35.9 Å². The van der Waals surface area contributed by atoms with Crippen molar-refractivity contribution in [2.45, 2.75) is 25.8 Å². The van der Waals surface area contributed by atoms with Crippen molar-refractivity contribution in [1.29, 1.82) is 0 Å². The molecule has 1 aliphatic rings. The first-order valence-electron chi connectivity index (χ1n) is 8.48. The highest BCUT2D eigenvalue weighted by Crippen LogP contribution is 2.12. The molecule has 124 valence electrons. The Kier molecular flexibility index (Phi) is 7.88. The van der Waals surface area contributed by atoms with E-state index in [1.54, 1.807) is 0 Å². The molecule has 0 spiro atoms. The van der Waals surface area contributed by atoms with Crippen LogP contribution in [0.1, 0.15) is 18.9 Å². The normalized spacial score (nSPS) is 18.5. The van der Waals surface area contributed by atoms with Crippen LogP contribution in [0, 0.1) is 0 Å². The van der Waals surface area contributed by atoms with E-state index in [9.17, 15) is 0 Å². The number of aliphatic hydroxyl groups is 1. The van der Waals surface area contributed by atoms with E-state index in [4.69, 9.17) is 9.84 Å². The fourth-order valence-electron chi connectivity index (χ4n) is 2.99. The quantitative estimate of drug-likeness (QED) is 0.704. The summed E-state index contributed by atoms with van der Waals surface area (Å²) in [5.41, 5.74) is 1.44. The van der Waals surface area contributed by atoms with Gasteiger partial charge in [-0.15, -0.1) is 0 Å². The van der Waals surface area contributed by atoms with E-state index in [0.717, 1.165) is 45.8 Å². The maximum absolute atomic E-state index is 8.69. The van der Waals surface area contributed by atoms with Crippen molar-refractivity contribution >= 4 is 0 Å². The molecule has 1 unspecified atom stereocenters. The van der Waals surface area contributed by atoms with Gasteiger partial charge < -0.3 is 9.84 Å². The summed E-state index contributed by atoms with van der Waals surface area (Å²) in [6.45, 7) is 9.17. The molecule has 4 nitrogen and oxygen atoms in total. The van der Waals surface area contributed by atoms with Gasteiger partial charge in [0.15, 0.2) is 0 Å². The lowest BCUT2D eigenvalue weighted by Gasteiger charge is -2.38. The molecule has 1 atom stereocenters. The summed E-state index contributed by atoms with van der Waals surface area (Å²) in [5.74, 6) is 0. The summed E-state index contributed by atoms with van der Waals surface area (Å²) in [6.07, 6.45) is 2.39. The van der Waals surface area contributed by atoms with Crippen LogP contribution in [-0.2, 0) is 11.2 Å². The summed E-state index contributed by atoms with van der Waals surface area (Å²) in [6, 6.07) is 11.4. The molecule has 1 saturated heterocycles. The minimum atomic E-state index is 0.118. The van der Waals surface area contributed by atoms with Gasteiger partial charge in [-0.2, -0.15) is 0 Å². The highest BCUT2D eigenvalue weighted by atomic mass is 16.5. The van der Waals surface area contributed by atoms with E-state index in [0.29, 0.717) is 12.6 Å². The molecule has 0 radical (unpaired) electrons. The Hall–Kier alpha value is -0.940. The third kappa shape index (κ3) is 6.05. The second-order valence-electron chi connectivity index (χ2n) is 6.09. The zero-order chi connectivity index (χ0) is 15.6. The molecule has 4 heteroatoms. The van der Waals surface area contributed by atoms with E-state index in [1.807, 2.05) is 0 Å². The predicted molar refractivity (Wildman–Crippen MR) is 90.1 cm³/mol. The molecule has 1 aromatic carbocycles. The zero-order valence-corrected chi connectivity index (χ0v) is 13.8. The molecule has 1 aromatic rings. The summed E-state index contributed by atoms with van der Waals surface area (Å²) in [7, 11) is 0. The molecule has 22 heavy (non-hydrogen) atoms. The minimum Gasteiger partial charge on any atom is -0.394 e. The number of hydrogen-bond acceptors (Lipinski definition) is 4. The van der Waals surface area contributed by atoms with Crippen molar-refractivity contribution < 1.29 is 9.84 Å². The van der Waals surface area contributed by atoms with E-state index in [2.05, 4.69) is 47.1 Å². The van der Waals surface area contributed by atoms with Gasteiger partial charge in [-0.1, -0.05) is 30.3 Å². The molecule has 0 amide bonds. The van der Waals surface area contributed by atoms with Crippen LogP contribution in [0.3, 0.4) is 0 Å². The van der Waals surface area contributed by atoms with E-state index in [-0.39, 0.29) is 6.61 Å². The van der Waals surface area contributed by atoms with Gasteiger partial charge in [-0.05, 0) is 25.3 Å². The lowest BCUT2D eigenvalue weighted by atomic mass is 10.0. The molecule has 1 N–H and O–H groups in total. The number of aryl methyl sites for hydroxylation is 1. The largest absolute Gasteiger partial charge is 0.394 e. The Morgan fingerprint density at radius 3 is 2.50 bits per heavy atom. The van der Waals surface area contributed by atoms with Gasteiger partial charge in [-0.3, -0.25) is 9.80 Å². The average Bonchev–Trinajstić information content (AvgIpc) is 2.58. The molecule has 1 heterocycles. The van der Waals surface area contributed by atoms with Crippen LogP contribution in [0.2, 0.25) is 0 Å². The van der Waals surface area contributed by atoms with Crippen molar-refractivity contribution in [1.82, 2.24) is 9.80 Å². The van der Waals surface area contributed by atoms with Crippen molar-refractivity contribution in [2.75, 3.05) is 52.5 Å². The summed E-state index contributed by atoms with van der Waals surface area (Å²) in [5, 5.41) is 8.69. The Labute approximate surface area is 134 Å². The van der Waals surface area contributed by atoms with Gasteiger partial charge in [0.05, 0.1) is 19.8 Å². The molecule has 0 bridgehead atoms. The van der Waals surface area contributed by atoms with Gasteiger partial charge in [0.2, 0.25) is 0 Å². The van der Waals surface area contributed by atoms with Crippen LogP contribution < -0.4 is 0 Å². The van der Waals surface area contributed by atoms with Crippen molar-refractivity contribution in [3.63, 3.8) is 0 Å². The highest BCUT2D eigenvalue weighted by molar-refractivity contribution is 5.14. The SMILES string of the molecule is CC(CCc1ccccc1)N1CCN(CCOCCO)CC1. The van der Waals surface area contributed by atoms with E-state index in [1.165, 1.54) is 12.0 Å². The summed E-state index contributed by atoms with van der Waals surface area (Å²) < 4.78 is 5.34. The molecule has 2 rings (SSSR count). The number of piperazine rings is 1. The molecular weight excluding hydrogens is 276 g/mol. The third-order valence-electron chi connectivity index (χ3n) is 4.51. The third-order valence-corrected chi connectivity index (χ3v) is 4.51.